The summed E-state index contributed by atoms with van der Waals surface area (Å²) in [6.45, 7) is 11.5. The highest BCUT2D eigenvalue weighted by atomic mass is 16.1. The number of hydrogen-bond acceptors (Lipinski definition) is 2. The molecule has 21 heavy (non-hydrogen) atoms. The van der Waals surface area contributed by atoms with Gasteiger partial charge in [-0.2, -0.15) is 0 Å². The van der Waals surface area contributed by atoms with Gasteiger partial charge >= 0.3 is 0 Å². The zero-order valence-corrected chi connectivity index (χ0v) is 14.2. The predicted octanol–water partition coefficient (Wildman–Crippen LogP) is 3.76. The van der Waals surface area contributed by atoms with E-state index in [-0.39, 0.29) is 11.0 Å². The van der Waals surface area contributed by atoms with E-state index in [0.717, 1.165) is 18.4 Å². The van der Waals surface area contributed by atoms with Crippen molar-refractivity contribution in [3.8, 4) is 0 Å². The molecule has 1 heterocycles. The van der Waals surface area contributed by atoms with Crippen molar-refractivity contribution in [2.75, 3.05) is 0 Å². The number of rotatable bonds is 4. The van der Waals surface area contributed by atoms with E-state index in [0.29, 0.717) is 18.6 Å². The molecule has 0 atom stereocenters. The van der Waals surface area contributed by atoms with Crippen molar-refractivity contribution in [2.24, 2.45) is 0 Å². The summed E-state index contributed by atoms with van der Waals surface area (Å²) < 4.78 is 2.10. The van der Waals surface area contributed by atoms with Crippen molar-refractivity contribution >= 4 is 0 Å². The Kier molecular flexibility index (Phi) is 4.92. The lowest BCUT2D eigenvalue weighted by Gasteiger charge is -2.28. The third-order valence-electron chi connectivity index (χ3n) is 4.35. The van der Waals surface area contributed by atoms with Crippen LogP contribution in [0.1, 0.15) is 77.6 Å². The zero-order chi connectivity index (χ0) is 15.6. The molecule has 1 aliphatic rings. The van der Waals surface area contributed by atoms with E-state index < -0.39 is 0 Å². The molecule has 1 aromatic rings. The summed E-state index contributed by atoms with van der Waals surface area (Å²) in [5.74, 6) is 0. The van der Waals surface area contributed by atoms with Crippen molar-refractivity contribution < 1.29 is 0 Å². The number of pyridine rings is 1. The molecular weight excluding hydrogens is 260 g/mol. The van der Waals surface area contributed by atoms with Crippen LogP contribution in [-0.4, -0.2) is 10.6 Å². The first kappa shape index (κ1) is 16.3. The van der Waals surface area contributed by atoms with Crippen LogP contribution in [0.4, 0.5) is 0 Å². The molecule has 0 radical (unpaired) electrons. The quantitative estimate of drug-likeness (QED) is 0.916. The van der Waals surface area contributed by atoms with Gasteiger partial charge in [0.25, 0.3) is 5.56 Å². The molecule has 118 valence electrons. The van der Waals surface area contributed by atoms with Gasteiger partial charge in [0, 0.05) is 35.3 Å². The monoisotopic (exact) mass is 290 g/mol. The summed E-state index contributed by atoms with van der Waals surface area (Å²) in [4.78, 5) is 13.0. The molecule has 1 fully saturated rings. The summed E-state index contributed by atoms with van der Waals surface area (Å²) in [6.07, 6.45) is 4.78. The lowest BCUT2D eigenvalue weighted by molar-refractivity contribution is 0.427. The van der Waals surface area contributed by atoms with Gasteiger partial charge in [-0.1, -0.05) is 53.5 Å². The fourth-order valence-electron chi connectivity index (χ4n) is 3.18. The van der Waals surface area contributed by atoms with E-state index in [4.69, 9.17) is 0 Å². The van der Waals surface area contributed by atoms with Crippen LogP contribution in [0.15, 0.2) is 16.9 Å². The first-order chi connectivity index (χ1) is 9.80. The highest BCUT2D eigenvalue weighted by Crippen LogP contribution is 2.32. The lowest BCUT2D eigenvalue weighted by Crippen LogP contribution is -2.35. The van der Waals surface area contributed by atoms with Crippen LogP contribution in [0.2, 0.25) is 0 Å². The molecule has 0 unspecified atom stereocenters. The molecule has 0 aliphatic heterocycles. The maximum Gasteiger partial charge on any atom is 0.255 e. The van der Waals surface area contributed by atoms with Gasteiger partial charge in [0.2, 0.25) is 0 Å². The minimum Gasteiger partial charge on any atom is -0.310 e. The summed E-state index contributed by atoms with van der Waals surface area (Å²) in [7, 11) is 0. The Bertz CT molecular complexity index is 531. The van der Waals surface area contributed by atoms with Gasteiger partial charge in [0.1, 0.15) is 0 Å². The van der Waals surface area contributed by atoms with E-state index in [1.54, 1.807) is 0 Å². The predicted molar refractivity (Wildman–Crippen MR) is 88.9 cm³/mol. The average Bonchev–Trinajstić information content (AvgIpc) is 2.89. The first-order valence-electron chi connectivity index (χ1n) is 8.29. The normalized spacial score (nSPS) is 16.9. The molecule has 3 heteroatoms. The maximum absolute atomic E-state index is 13.0. The summed E-state index contributed by atoms with van der Waals surface area (Å²) in [5.41, 5.74) is 2.28. The SMILES string of the molecule is CC(C)NCc1ccc(C(C)(C)C)n(C2CCCC2)c1=O. The molecule has 1 N–H and O–H groups in total. The molecule has 2 rings (SSSR count). The van der Waals surface area contributed by atoms with Crippen molar-refractivity contribution in [2.45, 2.75) is 84.3 Å². The molecule has 0 spiro atoms. The average molecular weight is 290 g/mol. The van der Waals surface area contributed by atoms with Crippen LogP contribution in [0.3, 0.4) is 0 Å². The zero-order valence-electron chi connectivity index (χ0n) is 14.2. The Hall–Kier alpha value is -1.09. The van der Waals surface area contributed by atoms with Gasteiger partial charge in [-0.15, -0.1) is 0 Å². The molecule has 0 saturated heterocycles. The van der Waals surface area contributed by atoms with Crippen LogP contribution in [0.5, 0.6) is 0 Å². The molecule has 1 aromatic heterocycles. The Morgan fingerprint density at radius 2 is 1.86 bits per heavy atom. The Morgan fingerprint density at radius 3 is 2.38 bits per heavy atom. The number of aromatic nitrogens is 1. The topological polar surface area (TPSA) is 34.0 Å². The highest BCUT2D eigenvalue weighted by Gasteiger charge is 2.26. The largest absolute Gasteiger partial charge is 0.310 e. The second-order valence-corrected chi connectivity index (χ2v) is 7.64. The number of hydrogen-bond donors (Lipinski definition) is 1. The fourth-order valence-corrected chi connectivity index (χ4v) is 3.18. The van der Waals surface area contributed by atoms with Crippen molar-refractivity contribution in [1.82, 2.24) is 9.88 Å². The van der Waals surface area contributed by atoms with Crippen LogP contribution in [-0.2, 0) is 12.0 Å². The molecule has 1 aliphatic carbocycles. The van der Waals surface area contributed by atoms with E-state index in [1.807, 2.05) is 6.07 Å². The molecule has 1 saturated carbocycles. The first-order valence-corrected chi connectivity index (χ1v) is 8.29. The van der Waals surface area contributed by atoms with Crippen molar-refractivity contribution in [3.63, 3.8) is 0 Å². The Morgan fingerprint density at radius 1 is 1.24 bits per heavy atom. The molecule has 0 bridgehead atoms. The maximum atomic E-state index is 13.0. The smallest absolute Gasteiger partial charge is 0.255 e. The molecule has 0 aromatic carbocycles. The second kappa shape index (κ2) is 6.35. The van der Waals surface area contributed by atoms with Gasteiger partial charge in [-0.3, -0.25) is 4.79 Å². The Labute approximate surface area is 128 Å². The van der Waals surface area contributed by atoms with E-state index in [1.165, 1.54) is 18.5 Å². The molecule has 0 amide bonds. The van der Waals surface area contributed by atoms with Gasteiger partial charge in [-0.25, -0.2) is 0 Å². The summed E-state index contributed by atoms with van der Waals surface area (Å²) in [6, 6.07) is 4.97. The summed E-state index contributed by atoms with van der Waals surface area (Å²) in [5, 5.41) is 3.37. The molecular formula is C18H30N2O. The minimum absolute atomic E-state index is 0.00571. The van der Waals surface area contributed by atoms with E-state index in [9.17, 15) is 4.79 Å². The Balaban J connectivity index is 2.44. The standard InChI is InChI=1S/C18H30N2O/c1-13(2)19-12-14-10-11-16(18(3,4)5)20(17(14)21)15-8-6-7-9-15/h10-11,13,15,19H,6-9,12H2,1-5H3. The van der Waals surface area contributed by atoms with E-state index >= 15 is 0 Å². The number of nitrogens with one attached hydrogen (secondary N) is 1. The lowest BCUT2D eigenvalue weighted by atomic mass is 9.90. The van der Waals surface area contributed by atoms with Crippen molar-refractivity contribution in [1.29, 1.82) is 0 Å². The third kappa shape index (κ3) is 3.76. The van der Waals surface area contributed by atoms with Crippen molar-refractivity contribution in [3.05, 3.63) is 33.7 Å². The van der Waals surface area contributed by atoms with Gasteiger partial charge in [0.05, 0.1) is 0 Å². The third-order valence-corrected chi connectivity index (χ3v) is 4.35. The van der Waals surface area contributed by atoms with Gasteiger partial charge in [0.15, 0.2) is 0 Å². The fraction of sp³-hybridized carbons (Fsp3) is 0.722. The highest BCUT2D eigenvalue weighted by molar-refractivity contribution is 5.22. The van der Waals surface area contributed by atoms with Crippen LogP contribution >= 0.6 is 0 Å². The van der Waals surface area contributed by atoms with Crippen LogP contribution in [0.25, 0.3) is 0 Å². The second-order valence-electron chi connectivity index (χ2n) is 7.64. The van der Waals surface area contributed by atoms with Gasteiger partial charge < -0.3 is 9.88 Å². The van der Waals surface area contributed by atoms with Crippen LogP contribution < -0.4 is 10.9 Å². The summed E-state index contributed by atoms with van der Waals surface area (Å²) >= 11 is 0. The number of nitrogens with zero attached hydrogens (tertiary/aromatic N) is 1. The van der Waals surface area contributed by atoms with E-state index in [2.05, 4.69) is 50.6 Å². The van der Waals surface area contributed by atoms with Gasteiger partial charge in [-0.05, 0) is 18.9 Å². The van der Waals surface area contributed by atoms with Crippen LogP contribution in [0, 0.1) is 0 Å². The molecule has 3 nitrogen and oxygen atoms in total. The minimum atomic E-state index is 0.00571.